The highest BCUT2D eigenvalue weighted by molar-refractivity contribution is 6.12. The first-order chi connectivity index (χ1) is 16.3. The molecule has 0 fully saturated rings. The summed E-state index contributed by atoms with van der Waals surface area (Å²) in [5.41, 5.74) is 8.63. The number of hydrogen-bond acceptors (Lipinski definition) is 0. The molecule has 1 unspecified atom stereocenters. The zero-order valence-corrected chi connectivity index (χ0v) is 18.5. The van der Waals surface area contributed by atoms with Crippen molar-refractivity contribution in [2.75, 3.05) is 0 Å². The van der Waals surface area contributed by atoms with E-state index in [0.29, 0.717) is 5.92 Å². The van der Waals surface area contributed by atoms with Crippen molar-refractivity contribution in [3.05, 3.63) is 103 Å². The Hall–Kier alpha value is -4.04. The number of nitrogens with zero attached hydrogens (tertiary/aromatic N) is 1. The Bertz CT molecular complexity index is 1760. The van der Waals surface area contributed by atoms with Crippen LogP contribution in [0.5, 0.6) is 0 Å². The van der Waals surface area contributed by atoms with Gasteiger partial charge in [0.2, 0.25) is 0 Å². The lowest BCUT2D eigenvalue weighted by atomic mass is 10.0. The summed E-state index contributed by atoms with van der Waals surface area (Å²) in [4.78, 5) is 3.59. The van der Waals surface area contributed by atoms with E-state index >= 15 is 0 Å². The maximum atomic E-state index is 3.59. The quantitative estimate of drug-likeness (QED) is 0.287. The average molecular weight is 425 g/mol. The zero-order valence-electron chi connectivity index (χ0n) is 18.5. The highest BCUT2D eigenvalue weighted by Crippen LogP contribution is 2.37. The summed E-state index contributed by atoms with van der Waals surface area (Å²) in [6.07, 6.45) is 8.08. The number of H-pyrrole nitrogens is 1. The van der Waals surface area contributed by atoms with Crippen LogP contribution in [-0.2, 0) is 0 Å². The molecule has 7 rings (SSSR count). The summed E-state index contributed by atoms with van der Waals surface area (Å²) in [6, 6.07) is 30.9. The van der Waals surface area contributed by atoms with Gasteiger partial charge < -0.3 is 9.55 Å². The molecule has 2 aromatic heterocycles. The lowest BCUT2D eigenvalue weighted by molar-refractivity contribution is 0.735. The van der Waals surface area contributed by atoms with Crippen LogP contribution in [0.4, 0.5) is 0 Å². The maximum absolute atomic E-state index is 3.59. The van der Waals surface area contributed by atoms with Crippen LogP contribution in [0.15, 0.2) is 103 Å². The third kappa shape index (κ3) is 2.81. The van der Waals surface area contributed by atoms with Gasteiger partial charge in [-0.15, -0.1) is 0 Å². The van der Waals surface area contributed by atoms with Gasteiger partial charge in [0.15, 0.2) is 0 Å². The monoisotopic (exact) mass is 424 g/mol. The molecule has 0 saturated heterocycles. The Morgan fingerprint density at radius 3 is 2.27 bits per heavy atom. The largest absolute Gasteiger partial charge is 0.354 e. The lowest BCUT2D eigenvalue weighted by Crippen LogP contribution is -2.01. The lowest BCUT2D eigenvalue weighted by Gasteiger charge is -2.16. The first-order valence-electron chi connectivity index (χ1n) is 11.7. The molecular weight excluding hydrogens is 400 g/mol. The second-order valence-electron chi connectivity index (χ2n) is 9.22. The van der Waals surface area contributed by atoms with Crippen LogP contribution in [0.25, 0.3) is 60.4 Å². The van der Waals surface area contributed by atoms with Crippen LogP contribution in [0.1, 0.15) is 13.3 Å². The standard InChI is InChI=1S/C31H24N2/c1-20-7-6-8-23(17-20)33-30-12-5-3-10-26(30)27-16-14-22(19-31(27)33)21-13-15-25-24-9-2-4-11-28(24)32-29(25)18-21/h2-6,8-20,32H,7H2,1H3. The molecule has 0 amide bonds. The van der Waals surface area contributed by atoms with E-state index in [1.807, 2.05) is 0 Å². The van der Waals surface area contributed by atoms with Gasteiger partial charge in [0.05, 0.1) is 11.0 Å². The molecule has 0 saturated carbocycles. The van der Waals surface area contributed by atoms with Gasteiger partial charge in [-0.25, -0.2) is 0 Å². The van der Waals surface area contributed by atoms with Crippen LogP contribution in [0.2, 0.25) is 0 Å². The van der Waals surface area contributed by atoms with E-state index in [1.165, 1.54) is 60.4 Å². The predicted molar refractivity (Wildman–Crippen MR) is 141 cm³/mol. The molecule has 4 aromatic carbocycles. The van der Waals surface area contributed by atoms with E-state index in [0.717, 1.165) is 6.42 Å². The van der Waals surface area contributed by atoms with Crippen LogP contribution in [0, 0.1) is 5.92 Å². The second kappa shape index (κ2) is 6.98. The first-order valence-corrected chi connectivity index (χ1v) is 11.7. The Morgan fingerprint density at radius 1 is 0.697 bits per heavy atom. The minimum absolute atomic E-state index is 0.550. The van der Waals surface area contributed by atoms with Crippen molar-refractivity contribution in [3.63, 3.8) is 0 Å². The number of para-hydroxylation sites is 2. The molecule has 1 atom stereocenters. The molecule has 2 heterocycles. The fourth-order valence-electron chi connectivity index (χ4n) is 5.43. The highest BCUT2D eigenvalue weighted by atomic mass is 15.0. The number of aromatic nitrogens is 2. The van der Waals surface area contributed by atoms with Gasteiger partial charge >= 0.3 is 0 Å². The van der Waals surface area contributed by atoms with E-state index in [9.17, 15) is 0 Å². The summed E-state index contributed by atoms with van der Waals surface area (Å²) in [7, 11) is 0. The van der Waals surface area contributed by atoms with Gasteiger partial charge in [-0.1, -0.05) is 79.7 Å². The van der Waals surface area contributed by atoms with Gasteiger partial charge in [-0.3, -0.25) is 0 Å². The minimum atomic E-state index is 0.550. The van der Waals surface area contributed by atoms with Gasteiger partial charge in [-0.05, 0) is 53.8 Å². The van der Waals surface area contributed by atoms with Crippen LogP contribution >= 0.6 is 0 Å². The Labute approximate surface area is 192 Å². The van der Waals surface area contributed by atoms with Crippen molar-refractivity contribution >= 4 is 49.3 Å². The van der Waals surface area contributed by atoms with Crippen molar-refractivity contribution < 1.29 is 0 Å². The molecule has 0 bridgehead atoms. The third-order valence-corrected chi connectivity index (χ3v) is 7.02. The molecule has 1 aliphatic rings. The molecule has 2 heteroatoms. The first kappa shape index (κ1) is 18.5. The van der Waals surface area contributed by atoms with Crippen molar-refractivity contribution in [2.24, 2.45) is 5.92 Å². The van der Waals surface area contributed by atoms with Gasteiger partial charge in [-0.2, -0.15) is 0 Å². The molecule has 0 spiro atoms. The number of allylic oxidation sites excluding steroid dienone is 4. The number of rotatable bonds is 2. The van der Waals surface area contributed by atoms with Crippen molar-refractivity contribution in [1.29, 1.82) is 0 Å². The van der Waals surface area contributed by atoms with E-state index in [-0.39, 0.29) is 0 Å². The highest BCUT2D eigenvalue weighted by Gasteiger charge is 2.16. The van der Waals surface area contributed by atoms with Crippen LogP contribution < -0.4 is 0 Å². The summed E-state index contributed by atoms with van der Waals surface area (Å²) in [5.74, 6) is 0.550. The molecule has 33 heavy (non-hydrogen) atoms. The summed E-state index contributed by atoms with van der Waals surface area (Å²) in [5, 5.41) is 5.15. The number of fused-ring (bicyclic) bond motifs is 6. The molecule has 158 valence electrons. The van der Waals surface area contributed by atoms with Crippen molar-refractivity contribution in [3.8, 4) is 11.1 Å². The number of nitrogens with one attached hydrogen (secondary N) is 1. The molecule has 1 N–H and O–H groups in total. The molecule has 0 aliphatic heterocycles. The van der Waals surface area contributed by atoms with Gasteiger partial charge in [0, 0.05) is 38.3 Å². The average Bonchev–Trinajstić information content (AvgIpc) is 3.38. The topological polar surface area (TPSA) is 20.7 Å². The van der Waals surface area contributed by atoms with E-state index < -0.39 is 0 Å². The smallest absolute Gasteiger partial charge is 0.0547 e. The normalized spacial score (nSPS) is 16.3. The van der Waals surface area contributed by atoms with Crippen LogP contribution in [0.3, 0.4) is 0 Å². The Balaban J connectivity index is 1.47. The molecule has 0 radical (unpaired) electrons. The molecule has 1 aliphatic carbocycles. The summed E-state index contributed by atoms with van der Waals surface area (Å²) < 4.78 is 2.43. The minimum Gasteiger partial charge on any atom is -0.354 e. The second-order valence-corrected chi connectivity index (χ2v) is 9.22. The number of aromatic amines is 1. The third-order valence-electron chi connectivity index (χ3n) is 7.02. The van der Waals surface area contributed by atoms with Crippen LogP contribution in [-0.4, -0.2) is 9.55 Å². The van der Waals surface area contributed by atoms with Gasteiger partial charge in [0.1, 0.15) is 0 Å². The fraction of sp³-hybridized carbons (Fsp3) is 0.0968. The summed E-state index contributed by atoms with van der Waals surface area (Å²) in [6.45, 7) is 2.29. The molecule has 2 nitrogen and oxygen atoms in total. The Morgan fingerprint density at radius 2 is 1.39 bits per heavy atom. The summed E-state index contributed by atoms with van der Waals surface area (Å²) >= 11 is 0. The van der Waals surface area contributed by atoms with Crippen molar-refractivity contribution in [2.45, 2.75) is 13.3 Å². The predicted octanol–water partition coefficient (Wildman–Crippen LogP) is 8.53. The van der Waals surface area contributed by atoms with E-state index in [2.05, 4.69) is 120 Å². The maximum Gasteiger partial charge on any atom is 0.0547 e. The Kier molecular flexibility index (Phi) is 3.92. The molecular formula is C31H24N2. The number of hydrogen-bond donors (Lipinski definition) is 1. The molecule has 6 aromatic rings. The zero-order chi connectivity index (χ0) is 21.9. The van der Waals surface area contributed by atoms with E-state index in [4.69, 9.17) is 0 Å². The van der Waals surface area contributed by atoms with Gasteiger partial charge in [0.25, 0.3) is 0 Å². The number of benzene rings is 4. The van der Waals surface area contributed by atoms with Crippen molar-refractivity contribution in [1.82, 2.24) is 9.55 Å². The SMILES string of the molecule is CC1C=C(n2c3ccccc3c3ccc(-c4ccc5c(c4)[nH]c4ccccc45)cc32)C=CC1. The van der Waals surface area contributed by atoms with E-state index in [1.54, 1.807) is 0 Å². The fourth-order valence-corrected chi connectivity index (χ4v) is 5.43.